The number of hydrogen-bond donors (Lipinski definition) is 0. The van der Waals surface area contributed by atoms with Crippen LogP contribution in [0.2, 0.25) is 0 Å². The van der Waals surface area contributed by atoms with Gasteiger partial charge in [0.2, 0.25) is 5.88 Å². The van der Waals surface area contributed by atoms with Gasteiger partial charge in [-0.25, -0.2) is 9.37 Å². The minimum Gasteiger partial charge on any atom is -0.473 e. The summed E-state index contributed by atoms with van der Waals surface area (Å²) in [6.45, 7) is 0.650. The van der Waals surface area contributed by atoms with E-state index in [2.05, 4.69) is 15.2 Å². The second kappa shape index (κ2) is 8.22. The van der Waals surface area contributed by atoms with E-state index >= 15 is 0 Å². The van der Waals surface area contributed by atoms with E-state index in [4.69, 9.17) is 4.74 Å². The van der Waals surface area contributed by atoms with Gasteiger partial charge in [-0.3, -0.25) is 9.69 Å². The molecule has 3 atom stereocenters. The number of carbonyl (C=O) groups is 1. The predicted molar refractivity (Wildman–Crippen MR) is 107 cm³/mol. The lowest BCUT2D eigenvalue weighted by molar-refractivity contribution is -0.137. The van der Waals surface area contributed by atoms with Gasteiger partial charge < -0.3 is 4.74 Å². The molecule has 11 heteroatoms. The Morgan fingerprint density at radius 3 is 2.58 bits per heavy atom. The normalized spacial score (nSPS) is 22.6. The third-order valence-corrected chi connectivity index (χ3v) is 6.12. The number of aromatic nitrogens is 4. The highest BCUT2D eigenvalue weighted by molar-refractivity contribution is 6.01. The van der Waals surface area contributed by atoms with Crippen LogP contribution in [0.1, 0.15) is 28.8 Å². The number of likely N-dealkylation sites (tertiary alicyclic amines) is 1. The maximum Gasteiger partial charge on any atom is 0.417 e. The number of rotatable bonds is 6. The minimum atomic E-state index is -4.47. The Balaban J connectivity index is 1.30. The number of alkyl halides is 3. The number of carbonyl (C=O) groups excluding carboxylic acids is 1. The molecule has 1 saturated heterocycles. The van der Waals surface area contributed by atoms with E-state index < -0.39 is 23.3 Å². The summed E-state index contributed by atoms with van der Waals surface area (Å²) in [6.07, 6.45) is 0.364. The summed E-state index contributed by atoms with van der Waals surface area (Å²) in [5.41, 5.74) is -0.670. The van der Waals surface area contributed by atoms with Crippen LogP contribution in [-0.2, 0) is 6.18 Å². The van der Waals surface area contributed by atoms with E-state index in [9.17, 15) is 22.4 Å². The van der Waals surface area contributed by atoms with Crippen LogP contribution in [0, 0.1) is 11.7 Å². The number of fused-ring (bicyclic) bond motifs is 2. The Morgan fingerprint density at radius 1 is 1.12 bits per heavy atom. The first-order valence-corrected chi connectivity index (χ1v) is 10.4. The van der Waals surface area contributed by atoms with Crippen LogP contribution in [0.4, 0.5) is 17.6 Å². The molecule has 0 radical (unpaired) electrons. The Hall–Kier alpha value is -3.34. The highest BCUT2D eigenvalue weighted by Crippen LogP contribution is 2.40. The quantitative estimate of drug-likeness (QED) is 0.413. The van der Waals surface area contributed by atoms with E-state index in [1.165, 1.54) is 35.4 Å². The highest BCUT2D eigenvalue weighted by atomic mass is 19.4. The first kappa shape index (κ1) is 21.5. The molecule has 0 spiro atoms. The fourth-order valence-corrected chi connectivity index (χ4v) is 4.72. The topological polar surface area (TPSA) is 73.1 Å². The summed E-state index contributed by atoms with van der Waals surface area (Å²) in [7, 11) is 0. The van der Waals surface area contributed by atoms with Gasteiger partial charge in [-0.1, -0.05) is 6.07 Å². The maximum absolute atomic E-state index is 14.6. The number of benzene rings is 1. The second-order valence-electron chi connectivity index (χ2n) is 8.25. The van der Waals surface area contributed by atoms with Gasteiger partial charge in [0, 0.05) is 24.8 Å². The molecular formula is C22H19F4N5O2. The molecule has 2 aliphatic rings. The number of nitrogens with zero attached hydrogens (tertiary/aromatic N) is 5. The van der Waals surface area contributed by atoms with Crippen LogP contribution in [0.3, 0.4) is 0 Å². The van der Waals surface area contributed by atoms with Crippen molar-refractivity contribution in [1.82, 2.24) is 24.9 Å². The highest BCUT2D eigenvalue weighted by Gasteiger charge is 2.47. The summed E-state index contributed by atoms with van der Waals surface area (Å²) in [5.74, 6) is -0.664. The average Bonchev–Trinajstić information content (AvgIpc) is 3.51. The van der Waals surface area contributed by atoms with Crippen LogP contribution in [-0.4, -0.2) is 55.9 Å². The molecule has 2 bridgehead atoms. The fourth-order valence-electron chi connectivity index (χ4n) is 4.72. The largest absolute Gasteiger partial charge is 0.473 e. The molecule has 172 valence electrons. The molecule has 3 unspecified atom stereocenters. The second-order valence-corrected chi connectivity index (χ2v) is 8.25. The molecule has 3 aromatic rings. The summed E-state index contributed by atoms with van der Waals surface area (Å²) in [4.78, 5) is 20.0. The van der Waals surface area contributed by atoms with E-state index in [1.807, 2.05) is 4.90 Å². The van der Waals surface area contributed by atoms with Gasteiger partial charge in [0.05, 0.1) is 35.8 Å². The van der Waals surface area contributed by atoms with Crippen molar-refractivity contribution in [3.05, 3.63) is 65.9 Å². The molecule has 5 rings (SSSR count). The molecular weight excluding hydrogens is 442 g/mol. The van der Waals surface area contributed by atoms with Gasteiger partial charge in [0.1, 0.15) is 11.9 Å². The van der Waals surface area contributed by atoms with Crippen molar-refractivity contribution >= 4 is 5.78 Å². The van der Waals surface area contributed by atoms with Crippen LogP contribution in [0.15, 0.2) is 48.9 Å². The maximum atomic E-state index is 14.6. The third kappa shape index (κ3) is 4.20. The average molecular weight is 461 g/mol. The SMILES string of the molecule is O=C(CN1CC2CC(Oc3ccc(C(F)(F)F)cn3)C1C2)c1c(F)cccc1-n1nccn1. The van der Waals surface area contributed by atoms with Crippen LogP contribution >= 0.6 is 0 Å². The van der Waals surface area contributed by atoms with Gasteiger partial charge in [-0.2, -0.15) is 28.2 Å². The summed E-state index contributed by atoms with van der Waals surface area (Å²) < 4.78 is 58.7. The van der Waals surface area contributed by atoms with Crippen molar-refractivity contribution in [1.29, 1.82) is 0 Å². The molecule has 0 amide bonds. The molecule has 1 aromatic carbocycles. The zero-order chi connectivity index (χ0) is 23.2. The number of ether oxygens (including phenoxy) is 1. The number of hydrogen-bond acceptors (Lipinski definition) is 6. The van der Waals surface area contributed by atoms with Crippen molar-refractivity contribution in [3.63, 3.8) is 0 Å². The standard InChI is InChI=1S/C22H19F4N5O2/c23-15-2-1-3-16(31-28-6-7-29-31)21(15)18(32)12-30-11-13-8-17(30)19(9-13)33-20-5-4-14(10-27-20)22(24,25)26/h1-7,10,13,17,19H,8-9,11-12H2. The molecule has 3 heterocycles. The molecule has 2 fully saturated rings. The van der Waals surface area contributed by atoms with Crippen molar-refractivity contribution < 1.29 is 27.1 Å². The van der Waals surface area contributed by atoms with Crippen molar-refractivity contribution in [2.75, 3.05) is 13.1 Å². The van der Waals surface area contributed by atoms with Gasteiger partial charge in [-0.15, -0.1) is 0 Å². The van der Waals surface area contributed by atoms with Gasteiger partial charge >= 0.3 is 6.18 Å². The first-order chi connectivity index (χ1) is 15.8. The van der Waals surface area contributed by atoms with Crippen molar-refractivity contribution in [3.8, 4) is 11.6 Å². The zero-order valence-electron chi connectivity index (χ0n) is 17.2. The van der Waals surface area contributed by atoms with E-state index in [0.29, 0.717) is 6.54 Å². The molecule has 7 nitrogen and oxygen atoms in total. The molecule has 0 N–H and O–H groups in total. The molecule has 1 aliphatic heterocycles. The van der Waals surface area contributed by atoms with Gasteiger partial charge in [-0.05, 0) is 37.0 Å². The van der Waals surface area contributed by atoms with Crippen LogP contribution < -0.4 is 4.74 Å². The van der Waals surface area contributed by atoms with Crippen LogP contribution in [0.5, 0.6) is 5.88 Å². The minimum absolute atomic E-state index is 0.0172. The Kier molecular flexibility index (Phi) is 5.35. The van der Waals surface area contributed by atoms with E-state index in [1.54, 1.807) is 6.07 Å². The molecule has 2 aromatic heterocycles. The molecule has 1 saturated carbocycles. The molecule has 33 heavy (non-hydrogen) atoms. The van der Waals surface area contributed by atoms with Crippen molar-refractivity contribution in [2.24, 2.45) is 5.92 Å². The van der Waals surface area contributed by atoms with Crippen LogP contribution in [0.25, 0.3) is 5.69 Å². The predicted octanol–water partition coefficient (Wildman–Crippen LogP) is 3.54. The number of pyridine rings is 1. The Bertz CT molecular complexity index is 1150. The number of halogens is 4. The summed E-state index contributed by atoms with van der Waals surface area (Å²) in [6, 6.07) is 6.31. The lowest BCUT2D eigenvalue weighted by atomic mass is 10.0. The number of ketones is 1. The number of Topliss-reactive ketones (excluding diaryl/α,β-unsaturated/α-hetero) is 1. The molecule has 1 aliphatic carbocycles. The Labute approximate surface area is 186 Å². The van der Waals surface area contributed by atoms with E-state index in [0.717, 1.165) is 25.1 Å². The lowest BCUT2D eigenvalue weighted by Crippen LogP contribution is -2.46. The third-order valence-electron chi connectivity index (χ3n) is 6.12. The summed E-state index contributed by atoms with van der Waals surface area (Å²) >= 11 is 0. The van der Waals surface area contributed by atoms with Gasteiger partial charge in [0.25, 0.3) is 0 Å². The van der Waals surface area contributed by atoms with E-state index in [-0.39, 0.29) is 41.7 Å². The lowest BCUT2D eigenvalue weighted by Gasteiger charge is -2.32. The number of piperidine rings is 1. The summed E-state index contributed by atoms with van der Waals surface area (Å²) in [5, 5.41) is 7.99. The Morgan fingerprint density at radius 2 is 1.91 bits per heavy atom. The fraction of sp³-hybridized carbons (Fsp3) is 0.364. The van der Waals surface area contributed by atoms with Crippen molar-refractivity contribution in [2.45, 2.75) is 31.2 Å². The smallest absolute Gasteiger partial charge is 0.417 e. The monoisotopic (exact) mass is 461 g/mol. The first-order valence-electron chi connectivity index (χ1n) is 10.4. The zero-order valence-corrected chi connectivity index (χ0v) is 17.2. The van der Waals surface area contributed by atoms with Gasteiger partial charge in [0.15, 0.2) is 5.78 Å².